The van der Waals surface area contributed by atoms with Crippen LogP contribution in [0.3, 0.4) is 0 Å². The van der Waals surface area contributed by atoms with Crippen molar-refractivity contribution in [2.45, 2.75) is 31.8 Å². The second kappa shape index (κ2) is 5.85. The molecule has 1 aromatic carbocycles. The van der Waals surface area contributed by atoms with Crippen molar-refractivity contribution in [1.82, 2.24) is 4.90 Å². The lowest BCUT2D eigenvalue weighted by molar-refractivity contribution is -0.122. The fraction of sp³-hybridized carbons (Fsp3) is 0.467. The van der Waals surface area contributed by atoms with Crippen molar-refractivity contribution < 1.29 is 4.79 Å². The number of likely N-dealkylation sites (N-methyl/N-ethyl adjacent to an activating group) is 1. The number of hydrogen-bond acceptors (Lipinski definition) is 3. The SMILES string of the molecule is CC1CCN(C)C(CC#N)C(=O)N1c1ccccc1. The normalized spacial score (nSPS) is 24.9. The van der Waals surface area contributed by atoms with Crippen molar-refractivity contribution in [2.75, 3.05) is 18.5 Å². The van der Waals surface area contributed by atoms with Gasteiger partial charge in [-0.3, -0.25) is 9.69 Å². The molecule has 1 fully saturated rings. The molecule has 1 aromatic rings. The summed E-state index contributed by atoms with van der Waals surface area (Å²) in [6.07, 6.45) is 1.16. The Morgan fingerprint density at radius 2 is 2.05 bits per heavy atom. The summed E-state index contributed by atoms with van der Waals surface area (Å²) < 4.78 is 0. The molecule has 19 heavy (non-hydrogen) atoms. The lowest BCUT2D eigenvalue weighted by Gasteiger charge is -2.29. The largest absolute Gasteiger partial charge is 0.308 e. The number of amides is 1. The van der Waals surface area contributed by atoms with E-state index in [0.717, 1.165) is 18.7 Å². The second-order valence-electron chi connectivity index (χ2n) is 5.04. The minimum atomic E-state index is -0.338. The number of hydrogen-bond donors (Lipinski definition) is 0. The summed E-state index contributed by atoms with van der Waals surface area (Å²) >= 11 is 0. The van der Waals surface area contributed by atoms with Gasteiger partial charge in [0.05, 0.1) is 12.5 Å². The van der Waals surface area contributed by atoms with Crippen LogP contribution < -0.4 is 4.90 Å². The van der Waals surface area contributed by atoms with Gasteiger partial charge in [-0.05, 0) is 32.5 Å². The number of nitrogens with zero attached hydrogens (tertiary/aromatic N) is 3. The standard InChI is InChI=1S/C15H19N3O/c1-12-9-11-17(2)14(8-10-16)15(19)18(12)13-6-4-3-5-7-13/h3-7,12,14H,8-9,11H2,1-2H3. The van der Waals surface area contributed by atoms with Gasteiger partial charge in [-0.1, -0.05) is 18.2 Å². The maximum Gasteiger partial charge on any atom is 0.245 e. The van der Waals surface area contributed by atoms with E-state index in [0.29, 0.717) is 0 Å². The van der Waals surface area contributed by atoms with Gasteiger partial charge in [-0.15, -0.1) is 0 Å². The Morgan fingerprint density at radius 3 is 2.68 bits per heavy atom. The number of para-hydroxylation sites is 1. The summed E-state index contributed by atoms with van der Waals surface area (Å²) in [6.45, 7) is 2.90. The first-order valence-corrected chi connectivity index (χ1v) is 6.60. The van der Waals surface area contributed by atoms with Crippen LogP contribution in [0.4, 0.5) is 5.69 Å². The summed E-state index contributed by atoms with van der Waals surface area (Å²) in [4.78, 5) is 16.5. The van der Waals surface area contributed by atoms with E-state index in [-0.39, 0.29) is 24.4 Å². The molecule has 1 amide bonds. The molecule has 4 nitrogen and oxygen atoms in total. The van der Waals surface area contributed by atoms with E-state index >= 15 is 0 Å². The lowest BCUT2D eigenvalue weighted by Crippen LogP contribution is -2.46. The maximum absolute atomic E-state index is 12.7. The number of carbonyl (C=O) groups is 1. The fourth-order valence-electron chi connectivity index (χ4n) is 2.54. The molecule has 0 aliphatic carbocycles. The van der Waals surface area contributed by atoms with E-state index < -0.39 is 0 Å². The molecule has 0 spiro atoms. The van der Waals surface area contributed by atoms with Crippen molar-refractivity contribution in [3.05, 3.63) is 30.3 Å². The fourth-order valence-corrected chi connectivity index (χ4v) is 2.54. The van der Waals surface area contributed by atoms with Crippen molar-refractivity contribution in [1.29, 1.82) is 5.26 Å². The van der Waals surface area contributed by atoms with Crippen LogP contribution >= 0.6 is 0 Å². The van der Waals surface area contributed by atoms with Crippen molar-refractivity contribution in [3.8, 4) is 6.07 Å². The van der Waals surface area contributed by atoms with Gasteiger partial charge in [0.1, 0.15) is 6.04 Å². The molecule has 0 radical (unpaired) electrons. The molecule has 1 heterocycles. The minimum absolute atomic E-state index is 0.0280. The zero-order valence-electron chi connectivity index (χ0n) is 11.4. The zero-order chi connectivity index (χ0) is 13.8. The molecule has 1 aliphatic heterocycles. The van der Waals surface area contributed by atoms with E-state index in [1.54, 1.807) is 0 Å². The summed E-state index contributed by atoms with van der Waals surface area (Å²) in [5.74, 6) is 0.0280. The highest BCUT2D eigenvalue weighted by Crippen LogP contribution is 2.24. The summed E-state index contributed by atoms with van der Waals surface area (Å²) in [7, 11) is 1.92. The second-order valence-corrected chi connectivity index (χ2v) is 5.04. The van der Waals surface area contributed by atoms with Crippen LogP contribution in [0.1, 0.15) is 19.8 Å². The molecular formula is C15H19N3O. The molecule has 1 saturated heterocycles. The molecule has 2 unspecified atom stereocenters. The van der Waals surface area contributed by atoms with E-state index in [1.165, 1.54) is 0 Å². The summed E-state index contributed by atoms with van der Waals surface area (Å²) in [6, 6.07) is 11.6. The first-order chi connectivity index (χ1) is 9.15. The first-order valence-electron chi connectivity index (χ1n) is 6.60. The molecule has 0 bridgehead atoms. The average molecular weight is 257 g/mol. The third-order valence-electron chi connectivity index (χ3n) is 3.71. The Morgan fingerprint density at radius 1 is 1.37 bits per heavy atom. The highest BCUT2D eigenvalue weighted by molar-refractivity contribution is 5.98. The lowest BCUT2D eigenvalue weighted by atomic mass is 10.1. The molecule has 4 heteroatoms. The summed E-state index contributed by atoms with van der Waals surface area (Å²) in [5.41, 5.74) is 0.915. The number of rotatable bonds is 2. The molecule has 0 saturated carbocycles. The monoisotopic (exact) mass is 257 g/mol. The molecule has 2 rings (SSSR count). The van der Waals surface area contributed by atoms with E-state index in [4.69, 9.17) is 5.26 Å². The van der Waals surface area contributed by atoms with Crippen LogP contribution in [0.25, 0.3) is 0 Å². The maximum atomic E-state index is 12.7. The van der Waals surface area contributed by atoms with Gasteiger partial charge in [0.2, 0.25) is 5.91 Å². The van der Waals surface area contributed by atoms with Crippen molar-refractivity contribution >= 4 is 11.6 Å². The Hall–Kier alpha value is -1.86. The third-order valence-corrected chi connectivity index (χ3v) is 3.71. The smallest absolute Gasteiger partial charge is 0.245 e. The van der Waals surface area contributed by atoms with E-state index in [9.17, 15) is 4.79 Å². The third kappa shape index (κ3) is 2.77. The van der Waals surface area contributed by atoms with Crippen molar-refractivity contribution in [2.24, 2.45) is 0 Å². The predicted octanol–water partition coefficient (Wildman–Crippen LogP) is 2.03. The van der Waals surface area contributed by atoms with Crippen LogP contribution in [0, 0.1) is 11.3 Å². The molecule has 1 aliphatic rings. The van der Waals surface area contributed by atoms with E-state index in [1.807, 2.05) is 47.2 Å². The van der Waals surface area contributed by atoms with Crippen LogP contribution in [0.15, 0.2) is 30.3 Å². The van der Waals surface area contributed by atoms with Gasteiger partial charge in [0, 0.05) is 18.3 Å². The number of carbonyl (C=O) groups excluding carboxylic acids is 1. The van der Waals surface area contributed by atoms with Crippen LogP contribution in [-0.2, 0) is 4.79 Å². The van der Waals surface area contributed by atoms with Gasteiger partial charge in [-0.2, -0.15) is 5.26 Å². The highest BCUT2D eigenvalue weighted by atomic mass is 16.2. The number of benzene rings is 1. The van der Waals surface area contributed by atoms with E-state index in [2.05, 4.69) is 13.0 Å². The Labute approximate surface area is 114 Å². The van der Waals surface area contributed by atoms with Crippen LogP contribution in [0.5, 0.6) is 0 Å². The highest BCUT2D eigenvalue weighted by Gasteiger charge is 2.34. The quantitative estimate of drug-likeness (QED) is 0.814. The number of nitriles is 1. The van der Waals surface area contributed by atoms with Crippen molar-refractivity contribution in [3.63, 3.8) is 0 Å². The minimum Gasteiger partial charge on any atom is -0.308 e. The molecule has 0 N–H and O–H groups in total. The molecule has 2 atom stereocenters. The average Bonchev–Trinajstić information content (AvgIpc) is 2.52. The Bertz CT molecular complexity index is 480. The molecule has 100 valence electrons. The van der Waals surface area contributed by atoms with Crippen LogP contribution in [0.2, 0.25) is 0 Å². The number of anilines is 1. The topological polar surface area (TPSA) is 47.3 Å². The Balaban J connectivity index is 2.35. The van der Waals surface area contributed by atoms with Gasteiger partial charge in [0.15, 0.2) is 0 Å². The van der Waals surface area contributed by atoms with Gasteiger partial charge in [0.25, 0.3) is 0 Å². The Kier molecular flexibility index (Phi) is 4.18. The van der Waals surface area contributed by atoms with Gasteiger partial charge in [-0.25, -0.2) is 0 Å². The molecule has 0 aromatic heterocycles. The first kappa shape index (κ1) is 13.6. The van der Waals surface area contributed by atoms with Crippen LogP contribution in [-0.4, -0.2) is 36.5 Å². The van der Waals surface area contributed by atoms with Gasteiger partial charge >= 0.3 is 0 Å². The zero-order valence-corrected chi connectivity index (χ0v) is 11.4. The molecular weight excluding hydrogens is 238 g/mol. The van der Waals surface area contributed by atoms with Gasteiger partial charge < -0.3 is 4.90 Å². The predicted molar refractivity (Wildman–Crippen MR) is 74.7 cm³/mol. The summed E-state index contributed by atoms with van der Waals surface area (Å²) in [5, 5.41) is 8.92.